The molecule has 0 unspecified atom stereocenters. The van der Waals surface area contributed by atoms with E-state index < -0.39 is 50.3 Å². The zero-order valence-electron chi connectivity index (χ0n) is 11.8. The van der Waals surface area contributed by atoms with E-state index in [9.17, 15) is 32.9 Å². The van der Waals surface area contributed by atoms with Crippen molar-refractivity contribution in [3.63, 3.8) is 0 Å². The van der Waals surface area contributed by atoms with Crippen molar-refractivity contribution in [3.05, 3.63) is 28.3 Å². The Kier molecular flexibility index (Phi) is 4.01. The highest BCUT2D eigenvalue weighted by molar-refractivity contribution is 8.00. The van der Waals surface area contributed by atoms with Crippen molar-refractivity contribution < 1.29 is 27.7 Å². The smallest absolute Gasteiger partial charge is 0.323 e. The van der Waals surface area contributed by atoms with E-state index in [1.807, 2.05) is 0 Å². The molecule has 1 aromatic rings. The Bertz CT molecular complexity index is 705. The number of nitro benzene ring substituents is 1. The van der Waals surface area contributed by atoms with Crippen molar-refractivity contribution in [3.8, 4) is 0 Å². The molecule has 124 valence electrons. The van der Waals surface area contributed by atoms with Crippen LogP contribution < -0.4 is 10.2 Å². The Labute approximate surface area is 132 Å². The molecule has 0 aliphatic carbocycles. The highest BCUT2D eigenvalue weighted by Gasteiger charge is 2.45. The van der Waals surface area contributed by atoms with Crippen LogP contribution in [0.4, 0.5) is 29.3 Å². The number of carbonyl (C=O) groups excluding carboxylic acids is 2. The molecule has 1 saturated heterocycles. The number of hydrogen-bond donors (Lipinski definition) is 1. The minimum atomic E-state index is -4.70. The Morgan fingerprint density at radius 3 is 2.35 bits per heavy atom. The topological polar surface area (TPSA) is 92.6 Å². The summed E-state index contributed by atoms with van der Waals surface area (Å²) >= 11 is -0.637. The summed E-state index contributed by atoms with van der Waals surface area (Å²) in [5, 5.41) is 13.4. The van der Waals surface area contributed by atoms with E-state index >= 15 is 0 Å². The molecule has 2 rings (SSSR count). The predicted molar refractivity (Wildman–Crippen MR) is 75.1 cm³/mol. The molecule has 1 N–H and O–H groups in total. The third-order valence-corrected chi connectivity index (χ3v) is 3.78. The number of carbonyl (C=O) groups is 2. The van der Waals surface area contributed by atoms with Crippen LogP contribution in [0, 0.1) is 10.1 Å². The van der Waals surface area contributed by atoms with Crippen molar-refractivity contribution in [2.24, 2.45) is 0 Å². The van der Waals surface area contributed by atoms with E-state index in [4.69, 9.17) is 0 Å². The fourth-order valence-electron chi connectivity index (χ4n) is 1.98. The van der Waals surface area contributed by atoms with Crippen LogP contribution >= 0.6 is 11.8 Å². The standard InChI is InChI=1S/C12H10F3N3O4S/c1-11(2)9(19)17(10(20)16-11)6-3-4-8(23-12(13,14)15)7(5-6)18(21)22/h3-5H,1-2H3,(H,16,20). The number of nitrogens with one attached hydrogen (secondary N) is 1. The number of alkyl halides is 3. The molecular weight excluding hydrogens is 339 g/mol. The van der Waals surface area contributed by atoms with Crippen LogP contribution in [-0.4, -0.2) is 27.9 Å². The molecule has 1 heterocycles. The predicted octanol–water partition coefficient (Wildman–Crippen LogP) is 3.04. The van der Waals surface area contributed by atoms with Gasteiger partial charge < -0.3 is 5.32 Å². The number of benzene rings is 1. The molecule has 0 atom stereocenters. The SMILES string of the molecule is CC1(C)NC(=O)N(c2ccc(SC(F)(F)F)c([N+](=O)[O-])c2)C1=O. The van der Waals surface area contributed by atoms with Crippen molar-refractivity contribution in [1.29, 1.82) is 0 Å². The summed E-state index contributed by atoms with van der Waals surface area (Å²) in [6.07, 6.45) is 0. The van der Waals surface area contributed by atoms with E-state index in [0.717, 1.165) is 18.2 Å². The zero-order chi connectivity index (χ0) is 17.6. The molecule has 1 aliphatic rings. The third kappa shape index (κ3) is 3.38. The van der Waals surface area contributed by atoms with Crippen molar-refractivity contribution in [1.82, 2.24) is 5.32 Å². The second-order valence-corrected chi connectivity index (χ2v) is 6.26. The van der Waals surface area contributed by atoms with Crippen molar-refractivity contribution >= 4 is 35.1 Å². The fourth-order valence-corrected chi connectivity index (χ4v) is 2.60. The maximum Gasteiger partial charge on any atom is 0.446 e. The number of nitrogens with zero attached hydrogens (tertiary/aromatic N) is 2. The molecule has 23 heavy (non-hydrogen) atoms. The maximum absolute atomic E-state index is 12.4. The van der Waals surface area contributed by atoms with Gasteiger partial charge >= 0.3 is 11.5 Å². The summed E-state index contributed by atoms with van der Waals surface area (Å²) in [7, 11) is 0. The number of imide groups is 1. The van der Waals surface area contributed by atoms with Crippen molar-refractivity contribution in [2.45, 2.75) is 29.8 Å². The van der Waals surface area contributed by atoms with Gasteiger partial charge in [0.25, 0.3) is 11.6 Å². The number of thioether (sulfide) groups is 1. The number of halogens is 3. The van der Waals surface area contributed by atoms with Gasteiger partial charge in [0.05, 0.1) is 15.5 Å². The first-order valence-corrected chi connectivity index (χ1v) is 6.95. The first kappa shape index (κ1) is 17.1. The van der Waals surface area contributed by atoms with E-state index in [1.165, 1.54) is 13.8 Å². The average molecular weight is 349 g/mol. The largest absolute Gasteiger partial charge is 0.446 e. The molecule has 11 heteroatoms. The molecule has 1 fully saturated rings. The summed E-state index contributed by atoms with van der Waals surface area (Å²) in [6, 6.07) is 1.88. The molecule has 0 radical (unpaired) electrons. The Morgan fingerprint density at radius 1 is 1.30 bits per heavy atom. The highest BCUT2D eigenvalue weighted by atomic mass is 32.2. The number of nitro groups is 1. The van der Waals surface area contributed by atoms with Gasteiger partial charge in [0.1, 0.15) is 5.54 Å². The first-order valence-electron chi connectivity index (χ1n) is 6.13. The van der Waals surface area contributed by atoms with Gasteiger partial charge in [-0.2, -0.15) is 13.2 Å². The quantitative estimate of drug-likeness (QED) is 0.392. The van der Waals surface area contributed by atoms with E-state index in [1.54, 1.807) is 0 Å². The number of rotatable bonds is 3. The third-order valence-electron chi connectivity index (χ3n) is 2.98. The fraction of sp³-hybridized carbons (Fsp3) is 0.333. The molecular formula is C12H10F3N3O4S. The van der Waals surface area contributed by atoms with Gasteiger partial charge in [-0.3, -0.25) is 14.9 Å². The molecule has 3 amide bonds. The van der Waals surface area contributed by atoms with Gasteiger partial charge in [-0.15, -0.1) is 0 Å². The number of hydrogen-bond acceptors (Lipinski definition) is 5. The molecule has 1 aliphatic heterocycles. The maximum atomic E-state index is 12.4. The number of anilines is 1. The van der Waals surface area contributed by atoms with Gasteiger partial charge in [0.15, 0.2) is 0 Å². The van der Waals surface area contributed by atoms with Crippen LogP contribution in [0.5, 0.6) is 0 Å². The molecule has 7 nitrogen and oxygen atoms in total. The summed E-state index contributed by atoms with van der Waals surface area (Å²) in [4.78, 5) is 34.0. The van der Waals surface area contributed by atoms with Gasteiger partial charge in [-0.05, 0) is 37.7 Å². The second-order valence-electron chi connectivity index (χ2n) is 5.15. The van der Waals surface area contributed by atoms with Crippen LogP contribution in [0.3, 0.4) is 0 Å². The molecule has 0 bridgehead atoms. The van der Waals surface area contributed by atoms with Gasteiger partial charge in [0.2, 0.25) is 0 Å². The van der Waals surface area contributed by atoms with Gasteiger partial charge in [-0.25, -0.2) is 9.69 Å². The summed E-state index contributed by atoms with van der Waals surface area (Å²) < 4.78 is 37.3. The number of urea groups is 1. The Balaban J connectivity index is 2.47. The Morgan fingerprint density at radius 2 is 1.91 bits per heavy atom. The van der Waals surface area contributed by atoms with Crippen LogP contribution in [0.25, 0.3) is 0 Å². The highest BCUT2D eigenvalue weighted by Crippen LogP contribution is 2.42. The summed E-state index contributed by atoms with van der Waals surface area (Å²) in [5.74, 6) is -0.659. The Hall–Kier alpha value is -2.30. The molecule has 0 saturated carbocycles. The summed E-state index contributed by atoms with van der Waals surface area (Å²) in [5.41, 5.74) is -6.91. The average Bonchev–Trinajstić information content (AvgIpc) is 2.57. The normalized spacial score (nSPS) is 17.3. The van der Waals surface area contributed by atoms with Crippen LogP contribution in [0.15, 0.2) is 23.1 Å². The van der Waals surface area contributed by atoms with Crippen molar-refractivity contribution in [2.75, 3.05) is 4.90 Å². The monoisotopic (exact) mass is 349 g/mol. The van der Waals surface area contributed by atoms with Crippen LogP contribution in [0.1, 0.15) is 13.8 Å². The minimum Gasteiger partial charge on any atom is -0.323 e. The minimum absolute atomic E-state index is 0.170. The van der Waals surface area contributed by atoms with E-state index in [0.29, 0.717) is 4.90 Å². The second kappa shape index (κ2) is 5.41. The lowest BCUT2D eigenvalue weighted by molar-refractivity contribution is -0.387. The summed E-state index contributed by atoms with van der Waals surface area (Å²) in [6.45, 7) is 2.88. The van der Waals surface area contributed by atoms with Gasteiger partial charge in [-0.1, -0.05) is 0 Å². The zero-order valence-corrected chi connectivity index (χ0v) is 12.6. The molecule has 1 aromatic carbocycles. The van der Waals surface area contributed by atoms with Crippen LogP contribution in [-0.2, 0) is 4.79 Å². The number of amides is 3. The van der Waals surface area contributed by atoms with Crippen LogP contribution in [0.2, 0.25) is 0 Å². The lowest BCUT2D eigenvalue weighted by Crippen LogP contribution is -2.40. The van der Waals surface area contributed by atoms with E-state index in [2.05, 4.69) is 5.32 Å². The molecule has 0 spiro atoms. The van der Waals surface area contributed by atoms with Gasteiger partial charge in [0, 0.05) is 6.07 Å². The lowest BCUT2D eigenvalue weighted by atomic mass is 10.1. The molecule has 0 aromatic heterocycles. The lowest BCUT2D eigenvalue weighted by Gasteiger charge is -2.16. The first-order chi connectivity index (χ1) is 10.4. The van der Waals surface area contributed by atoms with E-state index in [-0.39, 0.29) is 5.69 Å².